The monoisotopic (exact) mass is 212 g/mol. The van der Waals surface area contributed by atoms with Crippen molar-refractivity contribution in [1.29, 1.82) is 0 Å². The Morgan fingerprint density at radius 3 is 1.73 bits per heavy atom. The van der Waals surface area contributed by atoms with Gasteiger partial charge < -0.3 is 0 Å². The van der Waals surface area contributed by atoms with E-state index in [1.165, 1.54) is 4.90 Å². The molecule has 1 aliphatic heterocycles. The molecule has 0 atom stereocenters. The molecule has 2 amide bonds. The van der Waals surface area contributed by atoms with E-state index in [0.29, 0.717) is 13.1 Å². The molecule has 0 N–H and O–H groups in total. The molecule has 1 heterocycles. The molecule has 0 radical (unpaired) electrons. The summed E-state index contributed by atoms with van der Waals surface area (Å²) in [4.78, 5) is 26.8. The van der Waals surface area contributed by atoms with E-state index in [9.17, 15) is 9.59 Å². The Kier molecular flexibility index (Phi) is 3.19. The van der Waals surface area contributed by atoms with Crippen LogP contribution in [0.25, 0.3) is 0 Å². The summed E-state index contributed by atoms with van der Waals surface area (Å²) in [6, 6.07) is -0.0351. The summed E-state index contributed by atoms with van der Waals surface area (Å²) in [7, 11) is 0. The molecule has 0 spiro atoms. The zero-order chi connectivity index (χ0) is 11.8. The highest BCUT2D eigenvalue weighted by molar-refractivity contribution is 5.99. The lowest BCUT2D eigenvalue weighted by Gasteiger charge is -2.41. The van der Waals surface area contributed by atoms with Crippen LogP contribution >= 0.6 is 0 Å². The molecule has 1 saturated heterocycles. The highest BCUT2D eigenvalue weighted by Gasteiger charge is 2.36. The van der Waals surface area contributed by atoms with Gasteiger partial charge in [0, 0.05) is 11.6 Å². The van der Waals surface area contributed by atoms with E-state index in [-0.39, 0.29) is 23.4 Å². The van der Waals surface area contributed by atoms with Gasteiger partial charge in [0.25, 0.3) is 0 Å². The van der Waals surface area contributed by atoms with Gasteiger partial charge in [-0.3, -0.25) is 19.4 Å². The zero-order valence-electron chi connectivity index (χ0n) is 10.2. The van der Waals surface area contributed by atoms with Crippen molar-refractivity contribution >= 4 is 11.8 Å². The minimum atomic E-state index is -0.131. The number of hydrogen-bond acceptors (Lipinski definition) is 3. The molecule has 0 aliphatic carbocycles. The van der Waals surface area contributed by atoms with Crippen LogP contribution in [0.5, 0.6) is 0 Å². The van der Waals surface area contributed by atoms with Gasteiger partial charge in [0.2, 0.25) is 11.8 Å². The summed E-state index contributed by atoms with van der Waals surface area (Å²) in [5.41, 5.74) is -0.131. The minimum Gasteiger partial charge on any atom is -0.280 e. The first-order valence-electron chi connectivity index (χ1n) is 5.33. The summed E-state index contributed by atoms with van der Waals surface area (Å²) >= 11 is 0. The molecule has 0 aromatic rings. The van der Waals surface area contributed by atoms with Crippen LogP contribution < -0.4 is 0 Å². The third-order valence-electron chi connectivity index (χ3n) is 2.65. The van der Waals surface area contributed by atoms with E-state index < -0.39 is 0 Å². The van der Waals surface area contributed by atoms with Crippen LogP contribution in [0.4, 0.5) is 0 Å². The standard InChI is InChI=1S/C11H20N2O2/c1-8(2)13-9(14)6-12(7-10(13)15)11(3,4)5/h8H,6-7H2,1-5H3. The Hall–Kier alpha value is -0.900. The van der Waals surface area contributed by atoms with Crippen molar-refractivity contribution in [3.63, 3.8) is 0 Å². The first kappa shape index (κ1) is 12.2. The Bertz CT molecular complexity index is 261. The number of piperazine rings is 1. The predicted molar refractivity (Wildman–Crippen MR) is 58.3 cm³/mol. The fourth-order valence-corrected chi connectivity index (χ4v) is 1.72. The van der Waals surface area contributed by atoms with Crippen molar-refractivity contribution in [3.05, 3.63) is 0 Å². The number of rotatable bonds is 1. The molecule has 0 unspecified atom stereocenters. The van der Waals surface area contributed by atoms with Crippen LogP contribution in [-0.2, 0) is 9.59 Å². The van der Waals surface area contributed by atoms with E-state index in [0.717, 1.165) is 0 Å². The summed E-state index contributed by atoms with van der Waals surface area (Å²) in [5, 5.41) is 0. The summed E-state index contributed by atoms with van der Waals surface area (Å²) in [5.74, 6) is -0.174. The Balaban J connectivity index is 2.81. The normalized spacial score (nSPS) is 20.3. The molecule has 0 bridgehead atoms. The topological polar surface area (TPSA) is 40.6 Å². The molecule has 0 saturated carbocycles. The summed E-state index contributed by atoms with van der Waals surface area (Å²) in [6.45, 7) is 10.4. The Morgan fingerprint density at radius 1 is 1.07 bits per heavy atom. The van der Waals surface area contributed by atoms with E-state index in [1.54, 1.807) is 0 Å². The average molecular weight is 212 g/mol. The minimum absolute atomic E-state index is 0.0351. The van der Waals surface area contributed by atoms with Gasteiger partial charge in [0.05, 0.1) is 13.1 Å². The molecule has 86 valence electrons. The van der Waals surface area contributed by atoms with Crippen molar-refractivity contribution in [2.24, 2.45) is 0 Å². The van der Waals surface area contributed by atoms with E-state index in [2.05, 4.69) is 0 Å². The largest absolute Gasteiger partial charge is 0.280 e. The van der Waals surface area contributed by atoms with E-state index in [4.69, 9.17) is 0 Å². The molecule has 15 heavy (non-hydrogen) atoms. The van der Waals surface area contributed by atoms with Gasteiger partial charge in [-0.15, -0.1) is 0 Å². The van der Waals surface area contributed by atoms with Crippen LogP contribution in [0, 0.1) is 0 Å². The maximum Gasteiger partial charge on any atom is 0.243 e. The molecule has 1 aliphatic rings. The fraction of sp³-hybridized carbons (Fsp3) is 0.818. The van der Waals surface area contributed by atoms with Crippen molar-refractivity contribution in [3.8, 4) is 0 Å². The Labute approximate surface area is 91.2 Å². The fourth-order valence-electron chi connectivity index (χ4n) is 1.72. The first-order valence-corrected chi connectivity index (χ1v) is 5.33. The molecule has 1 fully saturated rings. The molecule has 1 rings (SSSR count). The highest BCUT2D eigenvalue weighted by atomic mass is 16.2. The van der Waals surface area contributed by atoms with Crippen LogP contribution in [-0.4, -0.2) is 46.3 Å². The number of carbonyl (C=O) groups is 2. The zero-order valence-corrected chi connectivity index (χ0v) is 10.2. The van der Waals surface area contributed by atoms with Gasteiger partial charge >= 0.3 is 0 Å². The van der Waals surface area contributed by atoms with Gasteiger partial charge in [0.15, 0.2) is 0 Å². The number of amides is 2. The molecule has 4 heteroatoms. The second-order valence-electron chi connectivity index (χ2n) is 5.28. The van der Waals surface area contributed by atoms with E-state index >= 15 is 0 Å². The van der Waals surface area contributed by atoms with Crippen LogP contribution in [0.2, 0.25) is 0 Å². The van der Waals surface area contributed by atoms with Gasteiger partial charge in [-0.25, -0.2) is 0 Å². The SMILES string of the molecule is CC(C)N1C(=O)CN(C(C)(C)C)CC1=O. The number of nitrogens with zero attached hydrogens (tertiary/aromatic N) is 2. The van der Waals surface area contributed by atoms with Gasteiger partial charge in [-0.05, 0) is 34.6 Å². The second-order valence-corrected chi connectivity index (χ2v) is 5.28. The molecule has 0 aromatic carbocycles. The Morgan fingerprint density at radius 2 is 1.47 bits per heavy atom. The lowest BCUT2D eigenvalue weighted by atomic mass is 10.0. The lowest BCUT2D eigenvalue weighted by Crippen LogP contribution is -2.60. The van der Waals surface area contributed by atoms with Crippen LogP contribution in [0.15, 0.2) is 0 Å². The van der Waals surface area contributed by atoms with Crippen molar-refractivity contribution in [2.75, 3.05) is 13.1 Å². The van der Waals surface area contributed by atoms with Gasteiger partial charge in [-0.2, -0.15) is 0 Å². The molecular weight excluding hydrogens is 192 g/mol. The van der Waals surface area contributed by atoms with Crippen molar-refractivity contribution < 1.29 is 9.59 Å². The maximum atomic E-state index is 11.8. The molecule has 0 aromatic heterocycles. The molecule has 4 nitrogen and oxygen atoms in total. The third-order valence-corrected chi connectivity index (χ3v) is 2.65. The quantitative estimate of drug-likeness (QED) is 0.605. The van der Waals surface area contributed by atoms with Crippen molar-refractivity contribution in [2.45, 2.75) is 46.2 Å². The smallest absolute Gasteiger partial charge is 0.243 e. The first-order chi connectivity index (χ1) is 6.73. The number of imide groups is 1. The summed E-state index contributed by atoms with van der Waals surface area (Å²) in [6.07, 6.45) is 0. The third kappa shape index (κ3) is 2.56. The van der Waals surface area contributed by atoms with Gasteiger partial charge in [-0.1, -0.05) is 0 Å². The predicted octanol–water partition coefficient (Wildman–Crippen LogP) is 0.864. The lowest BCUT2D eigenvalue weighted by molar-refractivity contribution is -0.155. The average Bonchev–Trinajstić information content (AvgIpc) is 1.99. The van der Waals surface area contributed by atoms with Crippen LogP contribution in [0.1, 0.15) is 34.6 Å². The maximum absolute atomic E-state index is 11.8. The van der Waals surface area contributed by atoms with E-state index in [1.807, 2.05) is 39.5 Å². The van der Waals surface area contributed by atoms with Crippen LogP contribution in [0.3, 0.4) is 0 Å². The van der Waals surface area contributed by atoms with Crippen molar-refractivity contribution in [1.82, 2.24) is 9.80 Å². The van der Waals surface area contributed by atoms with Gasteiger partial charge in [0.1, 0.15) is 0 Å². The highest BCUT2D eigenvalue weighted by Crippen LogP contribution is 2.18. The molecular formula is C11H20N2O2. The second kappa shape index (κ2) is 3.93. The number of carbonyl (C=O) groups excluding carboxylic acids is 2. The summed E-state index contributed by atoms with van der Waals surface area (Å²) < 4.78 is 0. The number of hydrogen-bond donors (Lipinski definition) is 0.